The first-order valence-electron chi connectivity index (χ1n) is 8.25. The van der Waals surface area contributed by atoms with Gasteiger partial charge in [0.2, 0.25) is 0 Å². The molecule has 2 aromatic heterocycles. The Balaban J connectivity index is 1.53. The van der Waals surface area contributed by atoms with Gasteiger partial charge in [0, 0.05) is 30.4 Å². The Morgan fingerprint density at radius 3 is 2.65 bits per heavy atom. The summed E-state index contributed by atoms with van der Waals surface area (Å²) in [5, 5.41) is 6.08. The van der Waals surface area contributed by atoms with Crippen LogP contribution in [0.4, 0.5) is 11.6 Å². The Morgan fingerprint density at radius 1 is 1.12 bits per heavy atom. The van der Waals surface area contributed by atoms with Gasteiger partial charge >= 0.3 is 0 Å². The van der Waals surface area contributed by atoms with Gasteiger partial charge in [0.15, 0.2) is 0 Å². The lowest BCUT2D eigenvalue weighted by Crippen LogP contribution is -2.29. The largest absolute Gasteiger partial charge is 0.382 e. The molecule has 3 rings (SSSR count). The number of nitrogens with two attached hydrogens (primary N) is 1. The smallest absolute Gasteiger partial charge is 0.251 e. The Morgan fingerprint density at radius 2 is 1.92 bits per heavy atom. The summed E-state index contributed by atoms with van der Waals surface area (Å²) >= 11 is 0. The molecule has 4 N–H and O–H groups in total. The van der Waals surface area contributed by atoms with Crippen LogP contribution < -0.4 is 16.4 Å². The fourth-order valence-corrected chi connectivity index (χ4v) is 2.44. The van der Waals surface area contributed by atoms with Crippen LogP contribution in [0.2, 0.25) is 0 Å². The van der Waals surface area contributed by atoms with Gasteiger partial charge in [-0.25, -0.2) is 9.97 Å². The van der Waals surface area contributed by atoms with E-state index in [0.29, 0.717) is 30.2 Å². The number of carbonyl (C=O) groups excluding carboxylic acids is 1. The van der Waals surface area contributed by atoms with Gasteiger partial charge in [0.05, 0.1) is 18.1 Å². The van der Waals surface area contributed by atoms with Crippen LogP contribution >= 0.6 is 0 Å². The monoisotopic (exact) mass is 348 g/mol. The maximum atomic E-state index is 12.2. The molecule has 7 nitrogen and oxygen atoms in total. The van der Waals surface area contributed by atoms with E-state index >= 15 is 0 Å². The Hall–Kier alpha value is -3.48. The molecule has 0 bridgehead atoms. The molecule has 0 aliphatic rings. The number of amides is 1. The number of carbonyl (C=O) groups is 1. The molecular weight excluding hydrogens is 328 g/mol. The number of hydrogen-bond acceptors (Lipinski definition) is 6. The van der Waals surface area contributed by atoms with Crippen molar-refractivity contribution in [3.8, 4) is 11.3 Å². The molecule has 0 atom stereocenters. The summed E-state index contributed by atoms with van der Waals surface area (Å²) in [7, 11) is 0. The first-order valence-corrected chi connectivity index (χ1v) is 8.25. The van der Waals surface area contributed by atoms with Crippen molar-refractivity contribution in [2.24, 2.45) is 0 Å². The van der Waals surface area contributed by atoms with Gasteiger partial charge in [-0.05, 0) is 30.7 Å². The molecule has 0 saturated carbocycles. The highest BCUT2D eigenvalue weighted by Crippen LogP contribution is 2.17. The van der Waals surface area contributed by atoms with Crippen molar-refractivity contribution in [1.82, 2.24) is 20.3 Å². The minimum atomic E-state index is -0.130. The number of benzene rings is 1. The van der Waals surface area contributed by atoms with E-state index < -0.39 is 0 Å². The highest BCUT2D eigenvalue weighted by Gasteiger charge is 2.07. The topological polar surface area (TPSA) is 106 Å². The number of nitrogens with zero attached hydrogens (tertiary/aromatic N) is 3. The van der Waals surface area contributed by atoms with Crippen LogP contribution in [0.15, 0.2) is 55.0 Å². The van der Waals surface area contributed by atoms with E-state index in [9.17, 15) is 4.79 Å². The molecule has 0 spiro atoms. The average molecular weight is 348 g/mol. The van der Waals surface area contributed by atoms with E-state index in [1.807, 2.05) is 31.2 Å². The molecule has 1 aromatic carbocycles. The van der Waals surface area contributed by atoms with E-state index in [4.69, 9.17) is 5.73 Å². The number of rotatable bonds is 6. The van der Waals surface area contributed by atoms with Gasteiger partial charge in [0.1, 0.15) is 11.6 Å². The Labute approximate surface area is 151 Å². The van der Waals surface area contributed by atoms with Crippen LogP contribution in [0.5, 0.6) is 0 Å². The minimum Gasteiger partial charge on any atom is -0.382 e. The zero-order valence-corrected chi connectivity index (χ0v) is 14.4. The maximum Gasteiger partial charge on any atom is 0.251 e. The fourth-order valence-electron chi connectivity index (χ4n) is 2.44. The standard InChI is InChI=1S/C19H20N6O/c1-13-3-2-8-22-18(13)23-9-10-24-19(26)15-6-4-14(5-7-15)16-11-21-12-17(20)25-16/h2-8,11-12H,9-10H2,1H3,(H2,20,25)(H,22,23)(H,24,26). The van der Waals surface area contributed by atoms with Crippen molar-refractivity contribution in [3.05, 3.63) is 66.1 Å². The number of nitrogen functional groups attached to an aromatic ring is 1. The summed E-state index contributed by atoms with van der Waals surface area (Å²) in [6.45, 7) is 3.08. The molecular formula is C19H20N6O. The number of aryl methyl sites for hydroxylation is 1. The summed E-state index contributed by atoms with van der Waals surface area (Å²) in [4.78, 5) is 24.7. The third kappa shape index (κ3) is 4.32. The number of anilines is 2. The fraction of sp³-hybridized carbons (Fsp3) is 0.158. The second-order valence-corrected chi connectivity index (χ2v) is 5.76. The number of hydrogen-bond donors (Lipinski definition) is 3. The molecule has 0 aliphatic heterocycles. The molecule has 0 saturated heterocycles. The zero-order valence-electron chi connectivity index (χ0n) is 14.4. The zero-order chi connectivity index (χ0) is 18.4. The molecule has 26 heavy (non-hydrogen) atoms. The molecule has 3 aromatic rings. The third-order valence-corrected chi connectivity index (χ3v) is 3.81. The van der Waals surface area contributed by atoms with Crippen LogP contribution in [0.3, 0.4) is 0 Å². The first-order chi connectivity index (χ1) is 12.6. The van der Waals surface area contributed by atoms with Gasteiger partial charge < -0.3 is 16.4 Å². The van der Waals surface area contributed by atoms with Crippen molar-refractivity contribution >= 4 is 17.5 Å². The quantitative estimate of drug-likeness (QED) is 0.590. The number of pyridine rings is 1. The molecule has 2 heterocycles. The Kier molecular flexibility index (Phi) is 5.38. The van der Waals surface area contributed by atoms with E-state index in [2.05, 4.69) is 25.6 Å². The lowest BCUT2D eigenvalue weighted by Gasteiger charge is -2.09. The third-order valence-electron chi connectivity index (χ3n) is 3.81. The summed E-state index contributed by atoms with van der Waals surface area (Å²) in [5.41, 5.74) is 8.83. The van der Waals surface area contributed by atoms with Crippen LogP contribution in [0.25, 0.3) is 11.3 Å². The number of nitrogens with one attached hydrogen (secondary N) is 2. The molecule has 0 aliphatic carbocycles. The summed E-state index contributed by atoms with van der Waals surface area (Å²) in [5.74, 6) is 1.06. The molecule has 7 heteroatoms. The van der Waals surface area contributed by atoms with Crippen molar-refractivity contribution in [2.45, 2.75) is 6.92 Å². The lowest BCUT2D eigenvalue weighted by molar-refractivity contribution is 0.0955. The lowest BCUT2D eigenvalue weighted by atomic mass is 10.1. The van der Waals surface area contributed by atoms with Crippen LogP contribution in [0, 0.1) is 6.92 Å². The summed E-state index contributed by atoms with van der Waals surface area (Å²) in [6.07, 6.45) is 4.86. The van der Waals surface area contributed by atoms with Gasteiger partial charge in [-0.15, -0.1) is 0 Å². The molecule has 0 radical (unpaired) electrons. The first kappa shape index (κ1) is 17.3. The van der Waals surface area contributed by atoms with E-state index in [1.54, 1.807) is 24.5 Å². The normalized spacial score (nSPS) is 10.3. The summed E-state index contributed by atoms with van der Waals surface area (Å²) < 4.78 is 0. The predicted molar refractivity (Wildman–Crippen MR) is 102 cm³/mol. The number of aromatic nitrogens is 3. The predicted octanol–water partition coefficient (Wildman–Crippen LogP) is 2.27. The summed E-state index contributed by atoms with van der Waals surface area (Å²) in [6, 6.07) is 11.0. The van der Waals surface area contributed by atoms with Crippen LogP contribution in [-0.4, -0.2) is 33.9 Å². The van der Waals surface area contributed by atoms with E-state index in [0.717, 1.165) is 16.9 Å². The second-order valence-electron chi connectivity index (χ2n) is 5.76. The molecule has 132 valence electrons. The molecule has 1 amide bonds. The van der Waals surface area contributed by atoms with Crippen LogP contribution in [-0.2, 0) is 0 Å². The highest BCUT2D eigenvalue weighted by atomic mass is 16.1. The van der Waals surface area contributed by atoms with E-state index in [1.165, 1.54) is 6.20 Å². The highest BCUT2D eigenvalue weighted by molar-refractivity contribution is 5.94. The van der Waals surface area contributed by atoms with Crippen molar-refractivity contribution in [2.75, 3.05) is 24.1 Å². The van der Waals surface area contributed by atoms with Crippen LogP contribution in [0.1, 0.15) is 15.9 Å². The minimum absolute atomic E-state index is 0.130. The maximum absolute atomic E-state index is 12.2. The van der Waals surface area contributed by atoms with Crippen molar-refractivity contribution in [3.63, 3.8) is 0 Å². The second kappa shape index (κ2) is 8.06. The van der Waals surface area contributed by atoms with E-state index in [-0.39, 0.29) is 5.91 Å². The molecule has 0 unspecified atom stereocenters. The molecule has 0 fully saturated rings. The van der Waals surface area contributed by atoms with Gasteiger partial charge in [-0.1, -0.05) is 18.2 Å². The van der Waals surface area contributed by atoms with Gasteiger partial charge in [-0.2, -0.15) is 0 Å². The average Bonchev–Trinajstić information content (AvgIpc) is 2.66. The van der Waals surface area contributed by atoms with Gasteiger partial charge in [-0.3, -0.25) is 9.78 Å². The van der Waals surface area contributed by atoms with Gasteiger partial charge in [0.25, 0.3) is 5.91 Å². The van der Waals surface area contributed by atoms with Crippen molar-refractivity contribution in [1.29, 1.82) is 0 Å². The SMILES string of the molecule is Cc1cccnc1NCCNC(=O)c1ccc(-c2cncc(N)n2)cc1. The Bertz CT molecular complexity index is 895. The van der Waals surface area contributed by atoms with Crippen molar-refractivity contribution < 1.29 is 4.79 Å².